The van der Waals surface area contributed by atoms with Crippen molar-refractivity contribution in [1.29, 1.82) is 0 Å². The molecule has 1 atom stereocenters. The lowest BCUT2D eigenvalue weighted by molar-refractivity contribution is -0.135. The van der Waals surface area contributed by atoms with E-state index in [1.165, 1.54) is 11.3 Å². The van der Waals surface area contributed by atoms with E-state index in [0.717, 1.165) is 30.8 Å². The summed E-state index contributed by atoms with van der Waals surface area (Å²) < 4.78 is 5.93. The summed E-state index contributed by atoms with van der Waals surface area (Å²) in [5, 5.41) is 2.47. The fourth-order valence-corrected chi connectivity index (χ4v) is 3.42. The highest BCUT2D eigenvalue weighted by Gasteiger charge is 2.24. The van der Waals surface area contributed by atoms with Crippen LogP contribution in [-0.4, -0.2) is 40.0 Å². The summed E-state index contributed by atoms with van der Waals surface area (Å²) in [5.74, 6) is 0.160. The van der Waals surface area contributed by atoms with Crippen LogP contribution in [0.2, 0.25) is 0 Å². The fraction of sp³-hybridized carbons (Fsp3) is 0.471. The number of carbonyl (C=O) groups excluding carboxylic acids is 1. The molecule has 7 heteroatoms. The maximum Gasteiger partial charge on any atom is 0.223 e. The van der Waals surface area contributed by atoms with Gasteiger partial charge in [0.2, 0.25) is 5.91 Å². The number of aromatic nitrogens is 2. The third kappa shape index (κ3) is 4.75. The van der Waals surface area contributed by atoms with Crippen LogP contribution in [0.5, 0.6) is 0 Å². The van der Waals surface area contributed by atoms with E-state index in [4.69, 9.17) is 10.5 Å². The first-order chi connectivity index (χ1) is 11.7. The third-order valence-electron chi connectivity index (χ3n) is 4.09. The number of nitrogens with zero attached hydrogens (tertiary/aromatic N) is 3. The number of anilines is 1. The summed E-state index contributed by atoms with van der Waals surface area (Å²) in [5.41, 5.74) is 7.43. The van der Waals surface area contributed by atoms with Crippen LogP contribution in [0.15, 0.2) is 29.8 Å². The Balaban J connectivity index is 1.45. The molecule has 0 saturated carbocycles. The summed E-state index contributed by atoms with van der Waals surface area (Å²) in [4.78, 5) is 22.8. The second kappa shape index (κ2) is 8.21. The molecule has 0 spiro atoms. The lowest BCUT2D eigenvalue weighted by Crippen LogP contribution is -2.43. The second-order valence-corrected chi connectivity index (χ2v) is 6.80. The molecule has 1 aliphatic heterocycles. The van der Waals surface area contributed by atoms with Crippen molar-refractivity contribution in [2.45, 2.75) is 38.4 Å². The standard InChI is InChI=1S/C17H22N4O2S/c18-17-20-14(12-24-17)6-7-16(22)21-9-3-5-15(10-21)23-11-13-4-1-2-8-19-13/h1-2,4,8,12,15H,3,5-7,9-11H2,(H2,18,20)/t15-/m1/s1. The average Bonchev–Trinajstić information content (AvgIpc) is 3.04. The van der Waals surface area contributed by atoms with E-state index < -0.39 is 0 Å². The molecule has 1 saturated heterocycles. The largest absolute Gasteiger partial charge is 0.375 e. The van der Waals surface area contributed by atoms with Crippen molar-refractivity contribution in [3.63, 3.8) is 0 Å². The number of nitrogens with two attached hydrogens (primary N) is 1. The number of rotatable bonds is 6. The van der Waals surface area contributed by atoms with Gasteiger partial charge in [-0.1, -0.05) is 6.07 Å². The smallest absolute Gasteiger partial charge is 0.223 e. The number of nitrogen functional groups attached to an aromatic ring is 1. The van der Waals surface area contributed by atoms with Crippen molar-refractivity contribution in [2.75, 3.05) is 18.8 Å². The van der Waals surface area contributed by atoms with E-state index in [1.54, 1.807) is 6.20 Å². The van der Waals surface area contributed by atoms with Crippen LogP contribution >= 0.6 is 11.3 Å². The number of carbonyl (C=O) groups is 1. The van der Waals surface area contributed by atoms with Crippen molar-refractivity contribution in [2.24, 2.45) is 0 Å². The molecule has 2 aromatic rings. The van der Waals surface area contributed by atoms with Gasteiger partial charge >= 0.3 is 0 Å². The van der Waals surface area contributed by atoms with Crippen LogP contribution in [0.25, 0.3) is 0 Å². The van der Waals surface area contributed by atoms with Gasteiger partial charge in [-0.2, -0.15) is 0 Å². The zero-order valence-electron chi connectivity index (χ0n) is 13.6. The van der Waals surface area contributed by atoms with Gasteiger partial charge in [-0.25, -0.2) is 4.98 Å². The Morgan fingerprint density at radius 1 is 1.42 bits per heavy atom. The molecule has 0 aromatic carbocycles. The van der Waals surface area contributed by atoms with Gasteiger partial charge in [-0.3, -0.25) is 9.78 Å². The van der Waals surface area contributed by atoms with Crippen molar-refractivity contribution >= 4 is 22.4 Å². The van der Waals surface area contributed by atoms with Crippen LogP contribution in [-0.2, 0) is 22.6 Å². The topological polar surface area (TPSA) is 81.3 Å². The molecular weight excluding hydrogens is 324 g/mol. The van der Waals surface area contributed by atoms with Crippen LogP contribution < -0.4 is 5.73 Å². The van der Waals surface area contributed by atoms with E-state index in [2.05, 4.69) is 9.97 Å². The van der Waals surface area contributed by atoms with E-state index in [9.17, 15) is 4.79 Å². The Kier molecular flexibility index (Phi) is 5.77. The van der Waals surface area contributed by atoms with Crippen molar-refractivity contribution in [3.05, 3.63) is 41.2 Å². The number of amides is 1. The highest BCUT2D eigenvalue weighted by Crippen LogP contribution is 2.17. The molecule has 2 N–H and O–H groups in total. The lowest BCUT2D eigenvalue weighted by atomic mass is 10.1. The Morgan fingerprint density at radius 2 is 2.33 bits per heavy atom. The number of hydrogen-bond donors (Lipinski definition) is 1. The Hall–Kier alpha value is -1.99. The van der Waals surface area contributed by atoms with E-state index in [0.29, 0.717) is 31.1 Å². The molecule has 0 unspecified atom stereocenters. The van der Waals surface area contributed by atoms with Crippen molar-refractivity contribution in [1.82, 2.24) is 14.9 Å². The first-order valence-electron chi connectivity index (χ1n) is 8.20. The van der Waals surface area contributed by atoms with Gasteiger partial charge in [0.25, 0.3) is 0 Å². The Bertz CT molecular complexity index is 662. The average molecular weight is 346 g/mol. The second-order valence-electron chi connectivity index (χ2n) is 5.91. The molecule has 3 heterocycles. The number of likely N-dealkylation sites (tertiary alicyclic amines) is 1. The molecule has 2 aromatic heterocycles. The van der Waals surface area contributed by atoms with Crippen molar-refractivity contribution in [3.8, 4) is 0 Å². The molecule has 1 aliphatic rings. The summed E-state index contributed by atoms with van der Waals surface area (Å²) >= 11 is 1.41. The molecule has 128 valence electrons. The number of piperidine rings is 1. The predicted molar refractivity (Wildman–Crippen MR) is 93.5 cm³/mol. The van der Waals surface area contributed by atoms with Gasteiger partial charge in [0.15, 0.2) is 5.13 Å². The van der Waals surface area contributed by atoms with E-state index >= 15 is 0 Å². The van der Waals surface area contributed by atoms with Gasteiger partial charge in [-0.15, -0.1) is 11.3 Å². The highest BCUT2D eigenvalue weighted by atomic mass is 32.1. The van der Waals surface area contributed by atoms with Gasteiger partial charge in [0, 0.05) is 31.1 Å². The molecule has 0 radical (unpaired) electrons. The molecule has 3 rings (SSSR count). The fourth-order valence-electron chi connectivity index (χ4n) is 2.82. The van der Waals surface area contributed by atoms with Gasteiger partial charge in [0.05, 0.1) is 24.1 Å². The van der Waals surface area contributed by atoms with Gasteiger partial charge in [0.1, 0.15) is 0 Å². The Morgan fingerprint density at radius 3 is 3.08 bits per heavy atom. The maximum absolute atomic E-state index is 12.4. The normalized spacial score (nSPS) is 17.8. The van der Waals surface area contributed by atoms with Gasteiger partial charge in [-0.05, 0) is 31.4 Å². The number of ether oxygens (including phenoxy) is 1. The number of pyridine rings is 1. The minimum absolute atomic E-state index is 0.0830. The SMILES string of the molecule is Nc1nc(CCC(=O)N2CCC[C@@H](OCc3ccccn3)C2)cs1. The zero-order valence-corrected chi connectivity index (χ0v) is 14.4. The first-order valence-corrected chi connectivity index (χ1v) is 9.08. The summed E-state index contributed by atoms with van der Waals surface area (Å²) in [6.45, 7) is 1.96. The van der Waals surface area contributed by atoms with Crippen LogP contribution in [0, 0.1) is 0 Å². The zero-order chi connectivity index (χ0) is 16.8. The van der Waals surface area contributed by atoms with E-state index in [-0.39, 0.29) is 12.0 Å². The Labute approximate surface area is 145 Å². The lowest BCUT2D eigenvalue weighted by Gasteiger charge is -2.32. The molecule has 0 aliphatic carbocycles. The molecule has 1 fully saturated rings. The molecular formula is C17H22N4O2S. The van der Waals surface area contributed by atoms with Crippen LogP contribution in [0.4, 0.5) is 5.13 Å². The monoisotopic (exact) mass is 346 g/mol. The first kappa shape index (κ1) is 16.9. The summed E-state index contributed by atoms with van der Waals surface area (Å²) in [6.07, 6.45) is 4.92. The minimum Gasteiger partial charge on any atom is -0.375 e. The van der Waals surface area contributed by atoms with Crippen LogP contribution in [0.1, 0.15) is 30.7 Å². The highest BCUT2D eigenvalue weighted by molar-refractivity contribution is 7.13. The quantitative estimate of drug-likeness (QED) is 0.868. The maximum atomic E-state index is 12.4. The molecule has 0 bridgehead atoms. The minimum atomic E-state index is 0.0830. The number of aryl methyl sites for hydroxylation is 1. The van der Waals surface area contributed by atoms with Crippen LogP contribution in [0.3, 0.4) is 0 Å². The van der Waals surface area contributed by atoms with E-state index in [1.807, 2.05) is 28.5 Å². The summed E-state index contributed by atoms with van der Waals surface area (Å²) in [7, 11) is 0. The van der Waals surface area contributed by atoms with Gasteiger partial charge < -0.3 is 15.4 Å². The third-order valence-corrected chi connectivity index (χ3v) is 4.81. The molecule has 24 heavy (non-hydrogen) atoms. The van der Waals surface area contributed by atoms with Crippen molar-refractivity contribution < 1.29 is 9.53 Å². The summed E-state index contributed by atoms with van der Waals surface area (Å²) in [6, 6.07) is 5.79. The predicted octanol–water partition coefficient (Wildman–Crippen LogP) is 2.26. The number of hydrogen-bond acceptors (Lipinski definition) is 6. The molecule has 6 nitrogen and oxygen atoms in total. The molecule has 1 amide bonds. The number of thiazole rings is 1.